The van der Waals surface area contributed by atoms with E-state index in [9.17, 15) is 14.4 Å². The minimum atomic E-state index is -0.664. The van der Waals surface area contributed by atoms with Crippen LogP contribution in [0.25, 0.3) is 0 Å². The SMILES string of the molecule is Cc1ccc(NC(=O)COc2ccc(Cl)cc2C2C3=C(CC(C)(C)CC3=O)OC3=C2C(=O)CC(C)(C)C3)cc1C. The number of rotatable bonds is 5. The number of Topliss-reactive ketones (excluding diaryl/α,β-unsaturated/α-hetero) is 2. The molecule has 0 bridgehead atoms. The molecule has 0 atom stereocenters. The minimum absolute atomic E-state index is 0.0427. The van der Waals surface area contributed by atoms with Gasteiger partial charge >= 0.3 is 0 Å². The second-order valence-electron chi connectivity index (χ2n) is 12.9. The zero-order chi connectivity index (χ0) is 29.0. The van der Waals surface area contributed by atoms with Gasteiger partial charge in [0.2, 0.25) is 0 Å². The van der Waals surface area contributed by atoms with Crippen molar-refractivity contribution in [1.82, 2.24) is 0 Å². The van der Waals surface area contributed by atoms with Crippen LogP contribution in [0.5, 0.6) is 5.75 Å². The van der Waals surface area contributed by atoms with Gasteiger partial charge in [-0.15, -0.1) is 0 Å². The lowest BCUT2D eigenvalue weighted by Gasteiger charge is -2.43. The van der Waals surface area contributed by atoms with Crippen molar-refractivity contribution in [2.24, 2.45) is 10.8 Å². The number of allylic oxidation sites excluding steroid dienone is 4. The van der Waals surface area contributed by atoms with Crippen LogP contribution in [0.3, 0.4) is 0 Å². The molecule has 2 aliphatic carbocycles. The van der Waals surface area contributed by atoms with Crippen LogP contribution in [0.1, 0.15) is 76.0 Å². The Kier molecular flexibility index (Phi) is 7.20. The molecule has 1 amide bonds. The van der Waals surface area contributed by atoms with Crippen LogP contribution in [0.2, 0.25) is 5.02 Å². The van der Waals surface area contributed by atoms with Crippen LogP contribution < -0.4 is 10.1 Å². The zero-order valence-corrected chi connectivity index (χ0v) is 24.8. The molecule has 2 aromatic carbocycles. The van der Waals surface area contributed by atoms with Gasteiger partial charge in [-0.25, -0.2) is 0 Å². The van der Waals surface area contributed by atoms with Crippen LogP contribution in [0.4, 0.5) is 5.69 Å². The number of carbonyl (C=O) groups is 3. The molecule has 6 nitrogen and oxygen atoms in total. The first-order chi connectivity index (χ1) is 18.7. The molecule has 210 valence electrons. The largest absolute Gasteiger partial charge is 0.483 e. The van der Waals surface area contributed by atoms with E-state index in [1.165, 1.54) is 0 Å². The first-order valence-corrected chi connectivity index (χ1v) is 14.1. The summed E-state index contributed by atoms with van der Waals surface area (Å²) in [5.74, 6) is 0.574. The first kappa shape index (κ1) is 28.2. The van der Waals surface area contributed by atoms with Crippen molar-refractivity contribution in [2.75, 3.05) is 11.9 Å². The molecule has 40 heavy (non-hydrogen) atoms. The Hall–Kier alpha value is -3.38. The van der Waals surface area contributed by atoms with E-state index >= 15 is 0 Å². The maximum atomic E-state index is 13.6. The Labute approximate surface area is 240 Å². The number of carbonyl (C=O) groups excluding carboxylic acids is 3. The second-order valence-corrected chi connectivity index (χ2v) is 13.3. The van der Waals surface area contributed by atoms with Crippen molar-refractivity contribution in [3.63, 3.8) is 0 Å². The maximum absolute atomic E-state index is 13.6. The van der Waals surface area contributed by atoms with Crippen molar-refractivity contribution in [1.29, 1.82) is 0 Å². The number of aryl methyl sites for hydroxylation is 2. The van der Waals surface area contributed by atoms with Gasteiger partial charge in [0.25, 0.3) is 5.91 Å². The number of amides is 1. The predicted molar refractivity (Wildman–Crippen MR) is 155 cm³/mol. The summed E-state index contributed by atoms with van der Waals surface area (Å²) in [5.41, 5.74) is 3.98. The molecule has 0 aromatic heterocycles. The number of ether oxygens (including phenoxy) is 2. The van der Waals surface area contributed by atoms with E-state index in [4.69, 9.17) is 21.1 Å². The minimum Gasteiger partial charge on any atom is -0.483 e. The van der Waals surface area contributed by atoms with Crippen LogP contribution >= 0.6 is 11.6 Å². The fraction of sp³-hybridized carbons (Fsp3) is 0.424. The van der Waals surface area contributed by atoms with Crippen molar-refractivity contribution >= 4 is 34.8 Å². The second kappa shape index (κ2) is 10.2. The van der Waals surface area contributed by atoms with Crippen LogP contribution in [0.15, 0.2) is 59.1 Å². The van der Waals surface area contributed by atoms with Gasteiger partial charge < -0.3 is 14.8 Å². The molecular formula is C33H36ClNO5. The Morgan fingerprint density at radius 3 is 2.08 bits per heavy atom. The molecule has 0 fully saturated rings. The average molecular weight is 562 g/mol. The van der Waals surface area contributed by atoms with Gasteiger partial charge in [0.1, 0.15) is 17.3 Å². The number of hydrogen-bond acceptors (Lipinski definition) is 5. The maximum Gasteiger partial charge on any atom is 0.262 e. The van der Waals surface area contributed by atoms with Gasteiger partial charge in [-0.05, 0) is 66.1 Å². The molecule has 0 saturated carbocycles. The summed E-state index contributed by atoms with van der Waals surface area (Å²) in [7, 11) is 0. The summed E-state index contributed by atoms with van der Waals surface area (Å²) < 4.78 is 12.5. The molecule has 0 radical (unpaired) electrons. The third kappa shape index (κ3) is 5.60. The van der Waals surface area contributed by atoms with E-state index in [1.54, 1.807) is 18.2 Å². The van der Waals surface area contributed by atoms with Gasteiger partial charge in [-0.2, -0.15) is 0 Å². The lowest BCUT2D eigenvalue weighted by Crippen LogP contribution is -2.37. The number of ketones is 2. The fourth-order valence-electron chi connectivity index (χ4n) is 6.02. The number of hydrogen-bond donors (Lipinski definition) is 1. The molecule has 7 heteroatoms. The van der Waals surface area contributed by atoms with Gasteiger partial charge in [-0.1, -0.05) is 45.4 Å². The molecular weight excluding hydrogens is 526 g/mol. The summed E-state index contributed by atoms with van der Waals surface area (Å²) in [6.07, 6.45) is 1.88. The first-order valence-electron chi connectivity index (χ1n) is 13.7. The van der Waals surface area contributed by atoms with Gasteiger partial charge in [0.15, 0.2) is 18.2 Å². The van der Waals surface area contributed by atoms with Crippen molar-refractivity contribution in [3.05, 3.63) is 80.8 Å². The normalized spacial score (nSPS) is 20.1. The molecule has 2 aromatic rings. The zero-order valence-electron chi connectivity index (χ0n) is 24.0. The monoisotopic (exact) mass is 561 g/mol. The number of anilines is 1. The van der Waals surface area contributed by atoms with E-state index in [-0.39, 0.29) is 34.9 Å². The smallest absolute Gasteiger partial charge is 0.262 e. The highest BCUT2D eigenvalue weighted by Crippen LogP contribution is 2.54. The topological polar surface area (TPSA) is 81.7 Å². The van der Waals surface area contributed by atoms with E-state index in [0.717, 1.165) is 11.1 Å². The van der Waals surface area contributed by atoms with Gasteiger partial charge in [0.05, 0.1) is 5.92 Å². The average Bonchev–Trinajstić information content (AvgIpc) is 2.82. The summed E-state index contributed by atoms with van der Waals surface area (Å²) in [6.45, 7) is 12.0. The number of halogens is 1. The van der Waals surface area contributed by atoms with Crippen molar-refractivity contribution < 1.29 is 23.9 Å². The van der Waals surface area contributed by atoms with E-state index in [2.05, 4.69) is 33.0 Å². The Morgan fingerprint density at radius 1 is 0.900 bits per heavy atom. The highest BCUT2D eigenvalue weighted by molar-refractivity contribution is 6.30. The lowest BCUT2D eigenvalue weighted by molar-refractivity contribution is -0.121. The van der Waals surface area contributed by atoms with Crippen LogP contribution in [-0.2, 0) is 19.1 Å². The fourth-order valence-corrected chi connectivity index (χ4v) is 6.20. The summed E-state index contributed by atoms with van der Waals surface area (Å²) >= 11 is 6.48. The summed E-state index contributed by atoms with van der Waals surface area (Å²) in [4.78, 5) is 40.1. The van der Waals surface area contributed by atoms with E-state index in [0.29, 0.717) is 70.4 Å². The van der Waals surface area contributed by atoms with Crippen LogP contribution in [0, 0.1) is 24.7 Å². The highest BCUT2D eigenvalue weighted by atomic mass is 35.5. The number of nitrogens with one attached hydrogen (secondary N) is 1. The highest BCUT2D eigenvalue weighted by Gasteiger charge is 2.48. The summed E-state index contributed by atoms with van der Waals surface area (Å²) in [6, 6.07) is 10.8. The molecule has 3 aliphatic rings. The molecule has 0 saturated heterocycles. The summed E-state index contributed by atoms with van der Waals surface area (Å²) in [5, 5.41) is 3.33. The standard InChI is InChI=1S/C33H36ClNO5/c1-18-7-9-21(11-19(18)2)35-28(38)17-39-25-10-8-20(34)12-22(25)29-30-23(36)13-32(3,4)15-26(30)40-27-16-33(5,6)14-24(37)31(27)29/h7-12,29H,13-17H2,1-6H3,(H,35,38). The molecule has 0 spiro atoms. The van der Waals surface area contributed by atoms with Crippen molar-refractivity contribution in [2.45, 2.75) is 73.1 Å². The molecule has 5 rings (SSSR count). The van der Waals surface area contributed by atoms with Gasteiger partial charge in [0, 0.05) is 53.1 Å². The quantitative estimate of drug-likeness (QED) is 0.412. The molecule has 1 N–H and O–H groups in total. The Morgan fingerprint density at radius 2 is 1.50 bits per heavy atom. The Bertz CT molecular complexity index is 1440. The van der Waals surface area contributed by atoms with E-state index in [1.807, 2.05) is 32.0 Å². The molecule has 1 aliphatic heterocycles. The van der Waals surface area contributed by atoms with Crippen LogP contribution in [-0.4, -0.2) is 24.1 Å². The third-order valence-corrected chi connectivity index (χ3v) is 8.25. The lowest BCUT2D eigenvalue weighted by atomic mass is 9.65. The molecule has 1 heterocycles. The third-order valence-electron chi connectivity index (χ3n) is 8.01. The predicted octanol–water partition coefficient (Wildman–Crippen LogP) is 7.37. The number of benzene rings is 2. The molecule has 0 unspecified atom stereocenters. The van der Waals surface area contributed by atoms with E-state index < -0.39 is 5.92 Å². The van der Waals surface area contributed by atoms with Gasteiger partial charge in [-0.3, -0.25) is 14.4 Å². The Balaban J connectivity index is 1.52. The van der Waals surface area contributed by atoms with Crippen molar-refractivity contribution in [3.8, 4) is 5.75 Å².